The molecule has 130 valence electrons. The number of hydrogen-bond donors (Lipinski definition) is 0. The molecule has 0 fully saturated rings. The van der Waals surface area contributed by atoms with E-state index in [9.17, 15) is 8.42 Å². The van der Waals surface area contributed by atoms with E-state index in [1.807, 2.05) is 35.4 Å². The normalized spacial score (nSPS) is 17.2. The van der Waals surface area contributed by atoms with Gasteiger partial charge in [-0.25, -0.2) is 12.7 Å². The van der Waals surface area contributed by atoms with E-state index in [1.54, 1.807) is 29.7 Å². The number of sulfonamides is 1. The molecule has 0 spiro atoms. The smallest absolute Gasteiger partial charge is 0.234 e. The lowest BCUT2D eigenvalue weighted by Gasteiger charge is -2.35. The highest BCUT2D eigenvalue weighted by atomic mass is 32.2. The Balaban J connectivity index is 2.00. The molecule has 0 saturated carbocycles. The van der Waals surface area contributed by atoms with Gasteiger partial charge in [0.15, 0.2) is 5.50 Å². The van der Waals surface area contributed by atoms with E-state index < -0.39 is 10.0 Å². The molecule has 1 aromatic carbocycles. The summed E-state index contributed by atoms with van der Waals surface area (Å²) in [6.07, 6.45) is 2.89. The van der Waals surface area contributed by atoms with Crippen LogP contribution in [0.3, 0.4) is 0 Å². The molecule has 2 heterocycles. The van der Waals surface area contributed by atoms with Crippen molar-refractivity contribution >= 4 is 38.8 Å². The summed E-state index contributed by atoms with van der Waals surface area (Å²) >= 11 is 3.12. The number of nitriles is 1. The molecular weight excluding hydrogens is 374 g/mol. The molecule has 0 aliphatic carbocycles. The Morgan fingerprint density at radius 2 is 2.00 bits per heavy atom. The first kappa shape index (κ1) is 17.9. The zero-order chi connectivity index (χ0) is 18.0. The Bertz CT molecular complexity index is 913. The van der Waals surface area contributed by atoms with Gasteiger partial charge in [0.1, 0.15) is 0 Å². The number of hydrogen-bond acceptors (Lipinski definition) is 6. The van der Waals surface area contributed by atoms with Gasteiger partial charge in [-0.15, -0.1) is 0 Å². The molecule has 1 unspecified atom stereocenters. The largest absolute Gasteiger partial charge is 0.337 e. The van der Waals surface area contributed by atoms with E-state index in [4.69, 9.17) is 5.26 Å². The Kier molecular flexibility index (Phi) is 5.08. The van der Waals surface area contributed by atoms with Crippen molar-refractivity contribution in [3.8, 4) is 6.07 Å². The van der Waals surface area contributed by atoms with Crippen molar-refractivity contribution in [3.63, 3.8) is 0 Å². The standard InChI is InChI=1S/C17H17N3O2S3/c1-13-10-20(25(2,21)22)17(24-13)19(11-15-7-8-23-12-15)16-5-3-14(9-18)4-6-16/h3-8,10,12,17H,11H2,1-2H3. The van der Waals surface area contributed by atoms with Crippen LogP contribution in [-0.4, -0.2) is 24.5 Å². The van der Waals surface area contributed by atoms with Crippen LogP contribution >= 0.6 is 23.1 Å². The summed E-state index contributed by atoms with van der Waals surface area (Å²) in [5, 5.41) is 13.1. The van der Waals surface area contributed by atoms with E-state index in [-0.39, 0.29) is 5.50 Å². The fourth-order valence-corrected chi connectivity index (χ4v) is 5.67. The third-order valence-corrected chi connectivity index (χ3v) is 6.83. The van der Waals surface area contributed by atoms with E-state index in [0.717, 1.165) is 16.2 Å². The molecule has 0 amide bonds. The lowest BCUT2D eigenvalue weighted by atomic mass is 10.2. The van der Waals surface area contributed by atoms with Gasteiger partial charge < -0.3 is 4.90 Å². The molecule has 1 atom stereocenters. The summed E-state index contributed by atoms with van der Waals surface area (Å²) in [7, 11) is -3.38. The van der Waals surface area contributed by atoms with Gasteiger partial charge in [0.05, 0.1) is 17.9 Å². The maximum absolute atomic E-state index is 12.2. The summed E-state index contributed by atoms with van der Waals surface area (Å²) in [5.41, 5.74) is 2.18. The van der Waals surface area contributed by atoms with E-state index in [0.29, 0.717) is 12.1 Å². The predicted octanol–water partition coefficient (Wildman–Crippen LogP) is 3.78. The predicted molar refractivity (Wildman–Crippen MR) is 103 cm³/mol. The van der Waals surface area contributed by atoms with Crippen LogP contribution in [0.15, 0.2) is 52.2 Å². The molecule has 2 aromatic rings. The minimum absolute atomic E-state index is 0.386. The van der Waals surface area contributed by atoms with Crippen LogP contribution in [0.1, 0.15) is 18.1 Å². The lowest BCUT2D eigenvalue weighted by molar-refractivity contribution is 0.475. The Labute approximate surface area is 156 Å². The summed E-state index contributed by atoms with van der Waals surface area (Å²) in [5.74, 6) is 0. The van der Waals surface area contributed by atoms with Gasteiger partial charge in [-0.1, -0.05) is 11.8 Å². The molecule has 0 saturated heterocycles. The molecule has 0 N–H and O–H groups in total. The van der Waals surface area contributed by atoms with Gasteiger partial charge in [-0.2, -0.15) is 16.6 Å². The highest BCUT2D eigenvalue weighted by molar-refractivity contribution is 8.04. The maximum Gasteiger partial charge on any atom is 0.234 e. The number of benzene rings is 1. The zero-order valence-electron chi connectivity index (χ0n) is 13.8. The molecule has 1 aromatic heterocycles. The van der Waals surface area contributed by atoms with Crippen molar-refractivity contribution in [2.75, 3.05) is 11.2 Å². The van der Waals surface area contributed by atoms with Crippen molar-refractivity contribution in [1.82, 2.24) is 4.31 Å². The van der Waals surface area contributed by atoms with Gasteiger partial charge in [0.2, 0.25) is 10.0 Å². The number of anilines is 1. The number of rotatable bonds is 5. The molecular formula is C17H17N3O2S3. The van der Waals surface area contributed by atoms with Crippen LogP contribution in [0.4, 0.5) is 5.69 Å². The highest BCUT2D eigenvalue weighted by Gasteiger charge is 2.35. The Hall–Kier alpha value is -1.95. The van der Waals surface area contributed by atoms with Crippen molar-refractivity contribution in [3.05, 3.63) is 63.3 Å². The summed E-state index contributed by atoms with van der Waals surface area (Å²) < 4.78 is 25.9. The van der Waals surface area contributed by atoms with Crippen molar-refractivity contribution in [2.45, 2.75) is 19.0 Å². The van der Waals surface area contributed by atoms with Crippen molar-refractivity contribution in [2.24, 2.45) is 0 Å². The SMILES string of the molecule is CC1=CN(S(C)(=O)=O)C(N(Cc2ccsc2)c2ccc(C#N)cc2)S1. The number of thiophene rings is 1. The van der Waals surface area contributed by atoms with Gasteiger partial charge in [-0.3, -0.25) is 0 Å². The summed E-state index contributed by atoms with van der Waals surface area (Å²) in [6.45, 7) is 2.49. The summed E-state index contributed by atoms with van der Waals surface area (Å²) in [4.78, 5) is 2.99. The van der Waals surface area contributed by atoms with Crippen LogP contribution in [0.2, 0.25) is 0 Å². The van der Waals surface area contributed by atoms with Gasteiger partial charge >= 0.3 is 0 Å². The topological polar surface area (TPSA) is 64.4 Å². The monoisotopic (exact) mass is 391 g/mol. The van der Waals surface area contributed by atoms with Crippen LogP contribution < -0.4 is 4.90 Å². The second-order valence-corrected chi connectivity index (χ2v) is 9.66. The number of thioether (sulfide) groups is 1. The first-order chi connectivity index (χ1) is 11.9. The van der Waals surface area contributed by atoms with Crippen molar-refractivity contribution < 1.29 is 8.42 Å². The van der Waals surface area contributed by atoms with Crippen LogP contribution in [0.25, 0.3) is 0 Å². The van der Waals surface area contributed by atoms with E-state index >= 15 is 0 Å². The minimum atomic E-state index is -3.38. The third-order valence-electron chi connectivity index (χ3n) is 3.73. The molecule has 1 aliphatic rings. The van der Waals surface area contributed by atoms with Crippen LogP contribution in [0, 0.1) is 11.3 Å². The molecule has 25 heavy (non-hydrogen) atoms. The van der Waals surface area contributed by atoms with Crippen LogP contribution in [0.5, 0.6) is 0 Å². The second-order valence-electron chi connectivity index (χ2n) is 5.69. The third kappa shape index (κ3) is 4.00. The molecule has 5 nitrogen and oxygen atoms in total. The Morgan fingerprint density at radius 1 is 1.28 bits per heavy atom. The maximum atomic E-state index is 12.2. The van der Waals surface area contributed by atoms with Gasteiger partial charge in [0, 0.05) is 23.3 Å². The fourth-order valence-electron chi connectivity index (χ4n) is 2.56. The van der Waals surface area contributed by atoms with Gasteiger partial charge in [0.25, 0.3) is 0 Å². The average Bonchev–Trinajstić information content (AvgIpc) is 3.21. The van der Waals surface area contributed by atoms with E-state index in [1.165, 1.54) is 22.3 Å². The zero-order valence-corrected chi connectivity index (χ0v) is 16.2. The number of allylic oxidation sites excluding steroid dienone is 1. The first-order valence-corrected chi connectivity index (χ1v) is 11.2. The number of nitrogens with zero attached hydrogens (tertiary/aromatic N) is 3. The van der Waals surface area contributed by atoms with Gasteiger partial charge in [-0.05, 0) is 53.6 Å². The average molecular weight is 392 g/mol. The van der Waals surface area contributed by atoms with E-state index in [2.05, 4.69) is 11.4 Å². The lowest BCUT2D eigenvalue weighted by Crippen LogP contribution is -2.44. The fraction of sp³-hybridized carbons (Fsp3) is 0.235. The molecule has 1 aliphatic heterocycles. The molecule has 0 radical (unpaired) electrons. The summed E-state index contributed by atoms with van der Waals surface area (Å²) in [6, 6.07) is 11.4. The van der Waals surface area contributed by atoms with Crippen LogP contribution in [-0.2, 0) is 16.6 Å². The quantitative estimate of drug-likeness (QED) is 0.776. The first-order valence-electron chi connectivity index (χ1n) is 7.50. The molecule has 0 bridgehead atoms. The highest BCUT2D eigenvalue weighted by Crippen LogP contribution is 2.39. The minimum Gasteiger partial charge on any atom is -0.337 e. The Morgan fingerprint density at radius 3 is 2.56 bits per heavy atom. The molecule has 8 heteroatoms. The molecule has 3 rings (SSSR count). The van der Waals surface area contributed by atoms with Crippen molar-refractivity contribution in [1.29, 1.82) is 5.26 Å². The second kappa shape index (κ2) is 7.12.